The molecule has 0 bridgehead atoms. The highest BCUT2D eigenvalue weighted by molar-refractivity contribution is 7.92. The summed E-state index contributed by atoms with van der Waals surface area (Å²) in [6, 6.07) is 6.05. The Kier molecular flexibility index (Phi) is 10.5. The SMILES string of the molecule is Cn1nc(NS(C)(=O)=O)c2c(Cl)ccc(-n3c([C@H](Cc4cc(F)cc(F)c4)NC(=O)Cn4nc(C(F)F)c5c4C(F)(F)[C@@H]4C[C@H]54)nc4nc(NCCC(F)F)ccc4c3=O)c21. The first-order valence-electron chi connectivity index (χ1n) is 18.3. The molecular weight excluding hydrogens is 868 g/mol. The van der Waals surface area contributed by atoms with Crippen molar-refractivity contribution in [3.8, 4) is 5.69 Å². The second-order valence-electron chi connectivity index (χ2n) is 14.7. The molecule has 1 amide bonds. The van der Waals surface area contributed by atoms with E-state index in [2.05, 4.69) is 35.5 Å². The molecule has 2 aliphatic rings. The molecule has 8 rings (SSSR count). The van der Waals surface area contributed by atoms with Crippen LogP contribution in [0.4, 0.5) is 46.8 Å². The summed E-state index contributed by atoms with van der Waals surface area (Å²) in [5.74, 6) is -9.50. The molecule has 0 saturated heterocycles. The molecule has 14 nitrogen and oxygen atoms in total. The van der Waals surface area contributed by atoms with E-state index in [9.17, 15) is 44.3 Å². The van der Waals surface area contributed by atoms with Gasteiger partial charge in [-0.2, -0.15) is 19.0 Å². The van der Waals surface area contributed by atoms with Gasteiger partial charge in [0.2, 0.25) is 22.4 Å². The number of aromatic nitrogens is 7. The first-order chi connectivity index (χ1) is 28.7. The molecule has 322 valence electrons. The quantitative estimate of drug-likeness (QED) is 0.104. The van der Waals surface area contributed by atoms with Crippen LogP contribution in [0.2, 0.25) is 5.02 Å². The Morgan fingerprint density at radius 2 is 1.75 bits per heavy atom. The number of anilines is 2. The van der Waals surface area contributed by atoms with Crippen LogP contribution in [0.5, 0.6) is 0 Å². The Morgan fingerprint density at radius 3 is 2.43 bits per heavy atom. The van der Waals surface area contributed by atoms with Gasteiger partial charge in [-0.15, -0.1) is 0 Å². The number of fused-ring (bicyclic) bond motifs is 5. The van der Waals surface area contributed by atoms with Crippen molar-refractivity contribution in [2.45, 2.75) is 56.5 Å². The van der Waals surface area contributed by atoms with Gasteiger partial charge < -0.3 is 10.6 Å². The van der Waals surface area contributed by atoms with Crippen LogP contribution >= 0.6 is 11.6 Å². The van der Waals surface area contributed by atoms with E-state index < -0.39 is 106 Å². The topological polar surface area (TPSA) is 171 Å². The molecule has 4 aromatic heterocycles. The van der Waals surface area contributed by atoms with Crippen molar-refractivity contribution in [2.75, 3.05) is 22.8 Å². The summed E-state index contributed by atoms with van der Waals surface area (Å²) in [6.45, 7) is -1.28. The second kappa shape index (κ2) is 15.3. The number of sulfonamides is 1. The number of carbonyl (C=O) groups is 1. The molecule has 0 spiro atoms. The smallest absolute Gasteiger partial charge is 0.293 e. The van der Waals surface area contributed by atoms with Gasteiger partial charge in [0.15, 0.2) is 11.5 Å². The molecule has 3 N–H and O–H groups in total. The van der Waals surface area contributed by atoms with Gasteiger partial charge in [0.05, 0.1) is 39.3 Å². The van der Waals surface area contributed by atoms with Gasteiger partial charge in [-0.1, -0.05) is 11.6 Å². The molecule has 6 aromatic rings. The molecule has 1 fully saturated rings. The van der Waals surface area contributed by atoms with E-state index in [1.54, 1.807) is 0 Å². The van der Waals surface area contributed by atoms with Gasteiger partial charge in [-0.3, -0.25) is 28.2 Å². The van der Waals surface area contributed by atoms with E-state index >= 15 is 8.78 Å². The number of hydrogen-bond acceptors (Lipinski definition) is 9. The third-order valence-corrected chi connectivity index (χ3v) is 11.2. The van der Waals surface area contributed by atoms with E-state index in [0.717, 1.165) is 23.0 Å². The first kappa shape index (κ1) is 41.9. The lowest BCUT2D eigenvalue weighted by atomic mass is 10.0. The molecule has 3 atom stereocenters. The third kappa shape index (κ3) is 7.83. The maximum Gasteiger partial charge on any atom is 0.293 e. The zero-order valence-corrected chi connectivity index (χ0v) is 33.1. The highest BCUT2D eigenvalue weighted by atomic mass is 35.5. The highest BCUT2D eigenvalue weighted by Crippen LogP contribution is 2.68. The van der Waals surface area contributed by atoms with E-state index in [1.807, 2.05) is 0 Å². The number of nitrogens with zero attached hydrogens (tertiary/aromatic N) is 7. The van der Waals surface area contributed by atoms with Crippen molar-refractivity contribution in [1.82, 2.24) is 39.4 Å². The molecule has 4 heterocycles. The number of hydrogen-bond donors (Lipinski definition) is 3. The van der Waals surface area contributed by atoms with Crippen molar-refractivity contribution < 1.29 is 48.3 Å². The van der Waals surface area contributed by atoms with Crippen LogP contribution in [0.25, 0.3) is 27.6 Å². The monoisotopic (exact) mass is 898 g/mol. The molecule has 0 radical (unpaired) electrons. The minimum Gasteiger partial charge on any atom is -0.370 e. The number of nitrogens with one attached hydrogen (secondary N) is 3. The number of alkyl halides is 6. The Balaban J connectivity index is 1.32. The molecule has 24 heteroatoms. The van der Waals surface area contributed by atoms with Gasteiger partial charge in [-0.05, 0) is 54.3 Å². The summed E-state index contributed by atoms with van der Waals surface area (Å²) >= 11 is 6.56. The fourth-order valence-electron chi connectivity index (χ4n) is 7.87. The fourth-order valence-corrected chi connectivity index (χ4v) is 8.60. The molecule has 1 saturated carbocycles. The fraction of sp³-hybridized carbons (Fsp3) is 0.351. The van der Waals surface area contributed by atoms with Crippen LogP contribution in [0.1, 0.15) is 59.6 Å². The van der Waals surface area contributed by atoms with Gasteiger partial charge in [0.25, 0.3) is 17.9 Å². The van der Waals surface area contributed by atoms with E-state index in [-0.39, 0.29) is 68.4 Å². The zero-order valence-electron chi connectivity index (χ0n) is 31.5. The number of rotatable bonds is 14. The molecule has 61 heavy (non-hydrogen) atoms. The third-order valence-electron chi connectivity index (χ3n) is 10.3. The van der Waals surface area contributed by atoms with Gasteiger partial charge in [-0.25, -0.2) is 44.7 Å². The summed E-state index contributed by atoms with van der Waals surface area (Å²) < 4.78 is 144. The van der Waals surface area contributed by atoms with Crippen LogP contribution in [0.15, 0.2) is 47.3 Å². The van der Waals surface area contributed by atoms with Crippen molar-refractivity contribution in [3.05, 3.63) is 97.8 Å². The Hall–Kier alpha value is -5.84. The number of amides is 1. The summed E-state index contributed by atoms with van der Waals surface area (Å²) in [5.41, 5.74) is -3.38. The number of carbonyl (C=O) groups excluding carboxylic acids is 1. The normalized spacial score (nSPS) is 17.3. The predicted octanol–water partition coefficient (Wildman–Crippen LogP) is 6.48. The summed E-state index contributed by atoms with van der Waals surface area (Å²) in [5, 5.41) is 13.0. The lowest BCUT2D eigenvalue weighted by molar-refractivity contribution is -0.123. The van der Waals surface area contributed by atoms with Crippen LogP contribution in [0, 0.1) is 17.6 Å². The van der Waals surface area contributed by atoms with Crippen molar-refractivity contribution in [1.29, 1.82) is 0 Å². The van der Waals surface area contributed by atoms with E-state index in [1.165, 1.54) is 36.0 Å². The first-order valence-corrected chi connectivity index (χ1v) is 20.6. The van der Waals surface area contributed by atoms with Crippen molar-refractivity contribution in [3.63, 3.8) is 0 Å². The van der Waals surface area contributed by atoms with Gasteiger partial charge in [0.1, 0.15) is 41.2 Å². The molecule has 0 unspecified atom stereocenters. The van der Waals surface area contributed by atoms with E-state index in [0.29, 0.717) is 10.7 Å². The minimum absolute atomic E-state index is 0.00916. The lowest BCUT2D eigenvalue weighted by Crippen LogP contribution is -2.38. The largest absolute Gasteiger partial charge is 0.370 e. The van der Waals surface area contributed by atoms with Crippen molar-refractivity contribution >= 4 is 61.1 Å². The molecule has 0 aliphatic heterocycles. The lowest BCUT2D eigenvalue weighted by Gasteiger charge is -2.24. The molecule has 2 aliphatic carbocycles. The summed E-state index contributed by atoms with van der Waals surface area (Å²) in [6.07, 6.45) is -6.17. The predicted molar refractivity (Wildman–Crippen MR) is 205 cm³/mol. The summed E-state index contributed by atoms with van der Waals surface area (Å²) in [7, 11) is -2.54. The van der Waals surface area contributed by atoms with Gasteiger partial charge >= 0.3 is 0 Å². The maximum atomic E-state index is 15.5. The Morgan fingerprint density at radius 1 is 1.03 bits per heavy atom. The molecular formula is C37H31ClF8N10O4S. The Bertz CT molecular complexity index is 2920. The van der Waals surface area contributed by atoms with Crippen LogP contribution in [-0.4, -0.2) is 67.6 Å². The zero-order chi connectivity index (χ0) is 43.9. The molecule has 2 aromatic carbocycles. The number of aryl methyl sites for hydroxylation is 1. The average Bonchev–Trinajstić information content (AvgIpc) is 3.69. The highest BCUT2D eigenvalue weighted by Gasteiger charge is 2.67. The van der Waals surface area contributed by atoms with Crippen molar-refractivity contribution in [2.24, 2.45) is 13.0 Å². The average molecular weight is 899 g/mol. The van der Waals surface area contributed by atoms with Crippen LogP contribution in [0.3, 0.4) is 0 Å². The number of pyridine rings is 1. The van der Waals surface area contributed by atoms with E-state index in [4.69, 9.17) is 11.6 Å². The van der Waals surface area contributed by atoms with Gasteiger partial charge in [0, 0.05) is 44.0 Å². The number of halogens is 9. The Labute approximate surface area is 344 Å². The van der Waals surface area contributed by atoms with Crippen LogP contribution in [-0.2, 0) is 40.8 Å². The maximum absolute atomic E-state index is 15.5. The van der Waals surface area contributed by atoms with Crippen LogP contribution < -0.4 is 20.9 Å². The second-order valence-corrected chi connectivity index (χ2v) is 16.9. The summed E-state index contributed by atoms with van der Waals surface area (Å²) in [4.78, 5) is 37.7. The minimum atomic E-state index is -3.95. The standard InChI is InChI=1S/C37H31ClF8N10O4S/c1-54-30-23(5-4-21(38)28(30)34(52-54)53-61(2,59)60)56-35(50-33-18(36(56)58)3-6-25(49-33)47-8-7-24(41)42)22(11-15-9-16(39)12-17(40)10-15)48-26(57)14-55-31-27(29(51-55)32(43)44)19-13-20(19)37(31,45)46/h3-6,9-10,12,19-20,22,24,32H,7-8,11,13-14H2,1-2H3,(H,47,49)(H,48,57)(H,52,53)/t19-,20+,22-/m0/s1. The number of benzene rings is 2.